The Labute approximate surface area is 116 Å². The lowest BCUT2D eigenvalue weighted by Crippen LogP contribution is -2.41. The first kappa shape index (κ1) is 14.3. The number of ether oxygens (including phenoxy) is 2. The summed E-state index contributed by atoms with van der Waals surface area (Å²) < 4.78 is 9.93. The molecule has 1 unspecified atom stereocenters. The lowest BCUT2D eigenvalue weighted by Gasteiger charge is -2.28. The molecule has 0 saturated heterocycles. The lowest BCUT2D eigenvalue weighted by atomic mass is 9.86. The molecule has 0 saturated carbocycles. The molecule has 0 bridgehead atoms. The van der Waals surface area contributed by atoms with Gasteiger partial charge in [-0.2, -0.15) is 0 Å². The van der Waals surface area contributed by atoms with Crippen molar-refractivity contribution < 1.29 is 24.5 Å². The molecule has 2 rings (SSSR count). The van der Waals surface area contributed by atoms with Crippen LogP contribution in [0.4, 0.5) is 0 Å². The molecule has 1 atom stereocenters. The SMILES string of the molecule is COC1=CC(O)(O)C(C(=O)c2ccc(OC)cc2)C=C1. The maximum Gasteiger partial charge on any atom is 0.200 e. The third-order valence-corrected chi connectivity index (χ3v) is 3.16. The normalized spacial score (nSPS) is 20.2. The molecular formula is C15H16O5. The van der Waals surface area contributed by atoms with Gasteiger partial charge in [-0.3, -0.25) is 4.79 Å². The molecule has 1 aromatic carbocycles. The second-order valence-electron chi connectivity index (χ2n) is 4.46. The maximum absolute atomic E-state index is 12.3. The van der Waals surface area contributed by atoms with E-state index in [1.807, 2.05) is 0 Å². The molecule has 1 aliphatic rings. The molecule has 0 aliphatic heterocycles. The molecule has 0 fully saturated rings. The second kappa shape index (κ2) is 5.48. The van der Waals surface area contributed by atoms with E-state index in [1.165, 1.54) is 26.4 Å². The van der Waals surface area contributed by atoms with Gasteiger partial charge >= 0.3 is 0 Å². The van der Waals surface area contributed by atoms with Gasteiger partial charge in [-0.1, -0.05) is 6.08 Å². The molecule has 0 amide bonds. The number of ketones is 1. The highest BCUT2D eigenvalue weighted by Crippen LogP contribution is 2.29. The van der Waals surface area contributed by atoms with Crippen molar-refractivity contribution in [2.24, 2.45) is 5.92 Å². The number of aliphatic hydroxyl groups is 2. The van der Waals surface area contributed by atoms with Crippen molar-refractivity contribution >= 4 is 5.78 Å². The summed E-state index contributed by atoms with van der Waals surface area (Å²) >= 11 is 0. The summed E-state index contributed by atoms with van der Waals surface area (Å²) in [7, 11) is 2.95. The van der Waals surface area contributed by atoms with E-state index in [1.54, 1.807) is 24.3 Å². The fourth-order valence-electron chi connectivity index (χ4n) is 2.02. The molecule has 106 valence electrons. The number of Topliss-reactive ketones (excluding diaryl/α,β-unsaturated/α-hetero) is 1. The van der Waals surface area contributed by atoms with Gasteiger partial charge in [-0.05, 0) is 30.3 Å². The van der Waals surface area contributed by atoms with Gasteiger partial charge in [0, 0.05) is 11.6 Å². The number of allylic oxidation sites excluding steroid dienone is 1. The summed E-state index contributed by atoms with van der Waals surface area (Å²) in [6.45, 7) is 0. The van der Waals surface area contributed by atoms with Gasteiger partial charge in [0.05, 0.1) is 20.1 Å². The summed E-state index contributed by atoms with van der Waals surface area (Å²) in [5, 5.41) is 19.9. The molecule has 5 nitrogen and oxygen atoms in total. The van der Waals surface area contributed by atoms with Gasteiger partial charge in [-0.25, -0.2) is 0 Å². The number of carbonyl (C=O) groups excluding carboxylic acids is 1. The first-order valence-corrected chi connectivity index (χ1v) is 6.06. The van der Waals surface area contributed by atoms with E-state index in [0.29, 0.717) is 17.1 Å². The summed E-state index contributed by atoms with van der Waals surface area (Å²) in [6, 6.07) is 6.46. The van der Waals surface area contributed by atoms with Crippen molar-refractivity contribution in [2.45, 2.75) is 5.79 Å². The maximum atomic E-state index is 12.3. The van der Waals surface area contributed by atoms with Crippen LogP contribution in [0.15, 0.2) is 48.3 Å². The van der Waals surface area contributed by atoms with E-state index in [0.717, 1.165) is 6.08 Å². The standard InChI is InChI=1S/C15H16O5/c1-19-11-5-3-10(4-6-11)14(16)13-8-7-12(20-2)9-15(13,17)18/h3-9,13,17-18H,1-2H3. The van der Waals surface area contributed by atoms with Crippen LogP contribution in [0.3, 0.4) is 0 Å². The largest absolute Gasteiger partial charge is 0.497 e. The Hall–Kier alpha value is -2.11. The van der Waals surface area contributed by atoms with E-state index in [-0.39, 0.29) is 5.78 Å². The Morgan fingerprint density at radius 2 is 1.80 bits per heavy atom. The van der Waals surface area contributed by atoms with Crippen LogP contribution in [0.2, 0.25) is 0 Å². The average Bonchev–Trinajstić information content (AvgIpc) is 2.45. The number of benzene rings is 1. The molecule has 1 aliphatic carbocycles. The topological polar surface area (TPSA) is 76.0 Å². The van der Waals surface area contributed by atoms with Crippen molar-refractivity contribution in [3.8, 4) is 5.75 Å². The summed E-state index contributed by atoms with van der Waals surface area (Å²) in [6.07, 6.45) is 4.07. The number of hydrogen-bond donors (Lipinski definition) is 2. The molecule has 1 aromatic rings. The zero-order valence-electron chi connectivity index (χ0n) is 11.2. The number of carbonyl (C=O) groups is 1. The first-order chi connectivity index (χ1) is 9.47. The van der Waals surface area contributed by atoms with Crippen molar-refractivity contribution in [1.82, 2.24) is 0 Å². The van der Waals surface area contributed by atoms with Crippen LogP contribution in [0.5, 0.6) is 5.75 Å². The highest BCUT2D eigenvalue weighted by atomic mass is 16.5. The average molecular weight is 276 g/mol. The van der Waals surface area contributed by atoms with E-state index in [4.69, 9.17) is 9.47 Å². The third kappa shape index (κ3) is 2.74. The third-order valence-electron chi connectivity index (χ3n) is 3.16. The minimum atomic E-state index is -2.27. The quantitative estimate of drug-likeness (QED) is 0.640. The van der Waals surface area contributed by atoms with Crippen LogP contribution >= 0.6 is 0 Å². The first-order valence-electron chi connectivity index (χ1n) is 6.06. The molecule has 0 aromatic heterocycles. The monoisotopic (exact) mass is 276 g/mol. The predicted molar refractivity (Wildman–Crippen MR) is 72.2 cm³/mol. The van der Waals surface area contributed by atoms with Crippen LogP contribution in [0.1, 0.15) is 10.4 Å². The van der Waals surface area contributed by atoms with Crippen LogP contribution in [-0.4, -0.2) is 36.0 Å². The summed E-state index contributed by atoms with van der Waals surface area (Å²) in [5.74, 6) is -2.80. The molecular weight excluding hydrogens is 260 g/mol. The van der Waals surface area contributed by atoms with E-state index in [9.17, 15) is 15.0 Å². The van der Waals surface area contributed by atoms with E-state index < -0.39 is 11.7 Å². The Kier molecular flexibility index (Phi) is 3.92. The van der Waals surface area contributed by atoms with Crippen LogP contribution in [0.25, 0.3) is 0 Å². The zero-order valence-corrected chi connectivity index (χ0v) is 11.2. The van der Waals surface area contributed by atoms with Gasteiger partial charge in [-0.15, -0.1) is 0 Å². The van der Waals surface area contributed by atoms with Crippen LogP contribution in [-0.2, 0) is 4.74 Å². The highest BCUT2D eigenvalue weighted by Gasteiger charge is 2.39. The van der Waals surface area contributed by atoms with Crippen LogP contribution in [0, 0.1) is 5.92 Å². The Bertz CT molecular complexity index is 554. The fraction of sp³-hybridized carbons (Fsp3) is 0.267. The number of hydrogen-bond acceptors (Lipinski definition) is 5. The van der Waals surface area contributed by atoms with Crippen molar-refractivity contribution in [1.29, 1.82) is 0 Å². The minimum absolute atomic E-state index is 0.300. The minimum Gasteiger partial charge on any atom is -0.497 e. The Morgan fingerprint density at radius 3 is 2.30 bits per heavy atom. The predicted octanol–water partition coefficient (Wildman–Crippen LogP) is 1.28. The second-order valence-corrected chi connectivity index (χ2v) is 4.46. The van der Waals surface area contributed by atoms with Gasteiger partial charge in [0.1, 0.15) is 11.5 Å². The van der Waals surface area contributed by atoms with Gasteiger partial charge in [0.25, 0.3) is 0 Å². The molecule has 20 heavy (non-hydrogen) atoms. The van der Waals surface area contributed by atoms with E-state index >= 15 is 0 Å². The lowest BCUT2D eigenvalue weighted by molar-refractivity contribution is -0.139. The number of methoxy groups -OCH3 is 2. The Morgan fingerprint density at radius 1 is 1.15 bits per heavy atom. The molecule has 5 heteroatoms. The molecule has 0 radical (unpaired) electrons. The highest BCUT2D eigenvalue weighted by molar-refractivity contribution is 6.00. The van der Waals surface area contributed by atoms with Gasteiger partial charge in [0.15, 0.2) is 5.78 Å². The van der Waals surface area contributed by atoms with Crippen molar-refractivity contribution in [3.05, 3.63) is 53.8 Å². The van der Waals surface area contributed by atoms with Crippen molar-refractivity contribution in [3.63, 3.8) is 0 Å². The molecule has 0 heterocycles. The van der Waals surface area contributed by atoms with Gasteiger partial charge < -0.3 is 19.7 Å². The smallest absolute Gasteiger partial charge is 0.200 e. The molecule has 2 N–H and O–H groups in total. The van der Waals surface area contributed by atoms with Crippen molar-refractivity contribution in [2.75, 3.05) is 14.2 Å². The van der Waals surface area contributed by atoms with Crippen LogP contribution < -0.4 is 4.74 Å². The fourth-order valence-corrected chi connectivity index (χ4v) is 2.02. The number of rotatable bonds is 4. The summed E-state index contributed by atoms with van der Waals surface area (Å²) in [5.41, 5.74) is 0.377. The van der Waals surface area contributed by atoms with E-state index in [2.05, 4.69) is 0 Å². The van der Waals surface area contributed by atoms with Gasteiger partial charge in [0.2, 0.25) is 5.79 Å². The molecule has 0 spiro atoms. The summed E-state index contributed by atoms with van der Waals surface area (Å²) in [4.78, 5) is 12.3. The zero-order chi connectivity index (χ0) is 14.8. The Balaban J connectivity index is 2.25.